The molecule has 3 aromatic rings. The number of methoxy groups -OCH3 is 1. The molecule has 2 aliphatic rings. The van der Waals surface area contributed by atoms with Gasteiger partial charge in [0.1, 0.15) is 5.75 Å². The minimum Gasteiger partial charge on any atom is -0.497 e. The van der Waals surface area contributed by atoms with Gasteiger partial charge in [-0.25, -0.2) is 4.79 Å². The maximum absolute atomic E-state index is 13.1. The lowest BCUT2D eigenvalue weighted by Crippen LogP contribution is -2.68. The van der Waals surface area contributed by atoms with Gasteiger partial charge in [-0.1, -0.05) is 42.2 Å². The number of ether oxygens (including phenoxy) is 1. The summed E-state index contributed by atoms with van der Waals surface area (Å²) in [6.45, 7) is 2.43. The lowest BCUT2D eigenvalue weighted by molar-refractivity contribution is -0.0585. The molecule has 2 fully saturated rings. The smallest absolute Gasteiger partial charge is 0.321 e. The molecule has 37 heavy (non-hydrogen) atoms. The van der Waals surface area contributed by atoms with Crippen molar-refractivity contribution in [3.05, 3.63) is 95.6 Å². The first-order valence-corrected chi connectivity index (χ1v) is 12.9. The highest BCUT2D eigenvalue weighted by Gasteiger charge is 2.49. The fourth-order valence-corrected chi connectivity index (χ4v) is 5.46. The average Bonchev–Trinajstić information content (AvgIpc) is 2.92. The van der Waals surface area contributed by atoms with Gasteiger partial charge in [0.25, 0.3) is 0 Å². The van der Waals surface area contributed by atoms with Crippen LogP contribution in [0.5, 0.6) is 5.75 Å². The van der Waals surface area contributed by atoms with E-state index in [1.54, 1.807) is 7.11 Å². The highest BCUT2D eigenvalue weighted by Crippen LogP contribution is 2.42. The van der Waals surface area contributed by atoms with Crippen molar-refractivity contribution < 1.29 is 14.6 Å². The SMILES string of the molecule is COc1ccc(C#Cc2ccc([C@@H]3[C@@H](CO)N4CCCCN(C(=O)Nc5ccccc5)C[C@@H]34)cc2)cc1. The molecular formula is C31H33N3O3. The van der Waals surface area contributed by atoms with Gasteiger partial charge in [-0.05, 0) is 73.5 Å². The third-order valence-corrected chi connectivity index (χ3v) is 7.42. The lowest BCUT2D eigenvalue weighted by atomic mass is 9.74. The van der Waals surface area contributed by atoms with E-state index in [1.807, 2.05) is 71.6 Å². The summed E-state index contributed by atoms with van der Waals surface area (Å²) in [4.78, 5) is 17.4. The zero-order valence-corrected chi connectivity index (χ0v) is 21.1. The van der Waals surface area contributed by atoms with Crippen molar-refractivity contribution in [1.82, 2.24) is 9.80 Å². The number of aliphatic hydroxyl groups excluding tert-OH is 1. The molecule has 0 aliphatic carbocycles. The van der Waals surface area contributed by atoms with Gasteiger partial charge in [0.2, 0.25) is 0 Å². The van der Waals surface area contributed by atoms with Gasteiger partial charge in [-0.2, -0.15) is 0 Å². The van der Waals surface area contributed by atoms with Crippen LogP contribution in [0.15, 0.2) is 78.9 Å². The van der Waals surface area contributed by atoms with Crippen molar-refractivity contribution in [2.45, 2.75) is 30.8 Å². The molecule has 2 saturated heterocycles. The third kappa shape index (κ3) is 5.64. The van der Waals surface area contributed by atoms with E-state index < -0.39 is 0 Å². The van der Waals surface area contributed by atoms with Gasteiger partial charge in [-0.15, -0.1) is 0 Å². The molecule has 0 aromatic heterocycles. The molecule has 2 aliphatic heterocycles. The highest BCUT2D eigenvalue weighted by atomic mass is 16.5. The molecule has 6 nitrogen and oxygen atoms in total. The predicted molar refractivity (Wildman–Crippen MR) is 146 cm³/mol. The number of benzene rings is 3. The number of fused-ring (bicyclic) bond motifs is 1. The number of rotatable bonds is 4. The molecule has 2 amide bonds. The van der Waals surface area contributed by atoms with E-state index in [0.717, 1.165) is 48.5 Å². The van der Waals surface area contributed by atoms with Crippen LogP contribution in [0.1, 0.15) is 35.4 Å². The van der Waals surface area contributed by atoms with Crippen LogP contribution in [-0.4, -0.2) is 66.4 Å². The van der Waals surface area contributed by atoms with E-state index in [4.69, 9.17) is 4.74 Å². The summed E-state index contributed by atoms with van der Waals surface area (Å²) >= 11 is 0. The number of hydrogen-bond acceptors (Lipinski definition) is 4. The topological polar surface area (TPSA) is 65.0 Å². The van der Waals surface area contributed by atoms with Crippen LogP contribution in [0.3, 0.4) is 0 Å². The van der Waals surface area contributed by atoms with E-state index in [-0.39, 0.29) is 30.6 Å². The van der Waals surface area contributed by atoms with Gasteiger partial charge in [0.05, 0.1) is 13.7 Å². The van der Waals surface area contributed by atoms with Crippen LogP contribution >= 0.6 is 0 Å². The number of aliphatic hydroxyl groups is 1. The molecule has 0 saturated carbocycles. The van der Waals surface area contributed by atoms with Gasteiger partial charge < -0.3 is 20.1 Å². The number of para-hydroxylation sites is 1. The number of nitrogens with one attached hydrogen (secondary N) is 1. The Hall–Kier alpha value is -3.79. The van der Waals surface area contributed by atoms with Crippen LogP contribution in [0.2, 0.25) is 0 Å². The van der Waals surface area contributed by atoms with Crippen LogP contribution in [-0.2, 0) is 0 Å². The van der Waals surface area contributed by atoms with E-state index in [9.17, 15) is 9.90 Å². The fraction of sp³-hybridized carbons (Fsp3) is 0.323. The summed E-state index contributed by atoms with van der Waals surface area (Å²) in [5, 5.41) is 13.3. The molecule has 0 bridgehead atoms. The average molecular weight is 496 g/mol. The number of amides is 2. The summed E-state index contributed by atoms with van der Waals surface area (Å²) in [6, 6.07) is 25.8. The van der Waals surface area contributed by atoms with Crippen LogP contribution in [0, 0.1) is 11.8 Å². The number of urea groups is 1. The minimum absolute atomic E-state index is 0.0663. The van der Waals surface area contributed by atoms with Gasteiger partial charge in [-0.3, -0.25) is 4.90 Å². The quantitative estimate of drug-likeness (QED) is 0.521. The molecule has 3 aromatic carbocycles. The molecule has 0 radical (unpaired) electrons. The van der Waals surface area contributed by atoms with Crippen molar-refractivity contribution in [3.63, 3.8) is 0 Å². The van der Waals surface area contributed by atoms with E-state index in [0.29, 0.717) is 6.54 Å². The number of anilines is 1. The second-order valence-corrected chi connectivity index (χ2v) is 9.63. The molecule has 2 N–H and O–H groups in total. The largest absolute Gasteiger partial charge is 0.497 e. The second kappa shape index (κ2) is 11.5. The standard InChI is InChI=1S/C31H33N3O3/c1-37-27-17-13-24(14-18-27)10-9-23-11-15-25(16-12-23)30-28-21-33(19-5-6-20-34(28)29(30)22-35)31(36)32-26-7-3-2-4-8-26/h2-4,7-8,11-18,28-30,35H,5-6,19-22H2,1H3,(H,32,36)/t28-,29+,30-/m0/s1. The molecule has 3 atom stereocenters. The van der Waals surface area contributed by atoms with Crippen molar-refractivity contribution in [2.75, 3.05) is 38.7 Å². The van der Waals surface area contributed by atoms with Gasteiger partial charge >= 0.3 is 6.03 Å². The van der Waals surface area contributed by atoms with E-state index in [2.05, 4.69) is 34.2 Å². The molecule has 190 valence electrons. The Morgan fingerprint density at radius 3 is 2.24 bits per heavy atom. The van der Waals surface area contributed by atoms with Crippen molar-refractivity contribution in [3.8, 4) is 17.6 Å². The molecule has 2 heterocycles. The monoisotopic (exact) mass is 495 g/mol. The van der Waals surface area contributed by atoms with Crippen LogP contribution < -0.4 is 10.1 Å². The number of hydrogen-bond donors (Lipinski definition) is 2. The Morgan fingerprint density at radius 1 is 0.946 bits per heavy atom. The highest BCUT2D eigenvalue weighted by molar-refractivity contribution is 5.89. The summed E-state index contributed by atoms with van der Waals surface area (Å²) < 4.78 is 5.21. The maximum Gasteiger partial charge on any atom is 0.321 e. The maximum atomic E-state index is 13.1. The lowest BCUT2D eigenvalue weighted by Gasteiger charge is -2.57. The fourth-order valence-electron chi connectivity index (χ4n) is 5.46. The summed E-state index contributed by atoms with van der Waals surface area (Å²) in [5.41, 5.74) is 3.86. The number of carbonyl (C=O) groups excluding carboxylic acids is 1. The summed E-state index contributed by atoms with van der Waals surface area (Å²) in [5.74, 6) is 7.42. The Balaban J connectivity index is 1.30. The zero-order chi connectivity index (χ0) is 25.6. The predicted octanol–water partition coefficient (Wildman–Crippen LogP) is 4.55. The van der Waals surface area contributed by atoms with Crippen LogP contribution in [0.25, 0.3) is 0 Å². The first-order valence-electron chi connectivity index (χ1n) is 12.9. The Kier molecular flexibility index (Phi) is 7.74. The number of carbonyl (C=O) groups is 1. The van der Waals surface area contributed by atoms with Gasteiger partial charge in [0, 0.05) is 47.9 Å². The molecule has 5 rings (SSSR count). The molecular weight excluding hydrogens is 462 g/mol. The summed E-state index contributed by atoms with van der Waals surface area (Å²) in [6.07, 6.45) is 1.96. The van der Waals surface area contributed by atoms with Crippen molar-refractivity contribution in [2.24, 2.45) is 0 Å². The summed E-state index contributed by atoms with van der Waals surface area (Å²) in [7, 11) is 1.65. The van der Waals surface area contributed by atoms with E-state index in [1.165, 1.54) is 5.56 Å². The van der Waals surface area contributed by atoms with E-state index >= 15 is 0 Å². The normalized spacial score (nSPS) is 21.4. The minimum atomic E-state index is -0.0663. The first-order chi connectivity index (χ1) is 18.2. The number of nitrogens with zero attached hydrogens (tertiary/aromatic N) is 2. The van der Waals surface area contributed by atoms with Gasteiger partial charge in [0.15, 0.2) is 0 Å². The Bertz CT molecular complexity index is 1250. The Morgan fingerprint density at radius 2 is 1.59 bits per heavy atom. The van der Waals surface area contributed by atoms with Crippen molar-refractivity contribution >= 4 is 11.7 Å². The molecule has 0 spiro atoms. The first kappa shape index (κ1) is 24.9. The zero-order valence-electron chi connectivity index (χ0n) is 21.1. The Labute approximate surface area is 218 Å². The second-order valence-electron chi connectivity index (χ2n) is 9.63. The molecule has 0 unspecified atom stereocenters. The van der Waals surface area contributed by atoms with Crippen LogP contribution in [0.4, 0.5) is 10.5 Å². The van der Waals surface area contributed by atoms with Crippen molar-refractivity contribution in [1.29, 1.82) is 0 Å². The molecule has 6 heteroatoms. The third-order valence-electron chi connectivity index (χ3n) is 7.42.